The predicted octanol–water partition coefficient (Wildman–Crippen LogP) is 3.83. The van der Waals surface area contributed by atoms with Crippen molar-refractivity contribution in [2.24, 2.45) is 0 Å². The Morgan fingerprint density at radius 1 is 1.26 bits per heavy atom. The molecule has 2 aromatic rings. The van der Waals surface area contributed by atoms with Gasteiger partial charge in [0.15, 0.2) is 0 Å². The maximum Gasteiger partial charge on any atom is 0.236 e. The summed E-state index contributed by atoms with van der Waals surface area (Å²) in [6.07, 6.45) is 0.126. The van der Waals surface area contributed by atoms with Crippen LogP contribution < -0.4 is 10.1 Å². The molecule has 1 aliphatic rings. The van der Waals surface area contributed by atoms with Crippen LogP contribution in [0.15, 0.2) is 48.5 Å². The number of carbonyl (C=O) groups is 2. The number of nitrogens with one attached hydrogen (secondary N) is 1. The van der Waals surface area contributed by atoms with E-state index in [0.717, 1.165) is 5.56 Å². The Labute approximate surface area is 161 Å². The van der Waals surface area contributed by atoms with Crippen LogP contribution in [0.25, 0.3) is 0 Å². The molecule has 0 bridgehead atoms. The molecule has 1 fully saturated rings. The number of para-hydroxylation sites is 1. The fraction of sp³-hybridized carbons (Fsp3) is 0.300. The Hall–Kier alpha value is -2.54. The van der Waals surface area contributed by atoms with E-state index in [4.69, 9.17) is 4.74 Å². The van der Waals surface area contributed by atoms with Crippen molar-refractivity contribution < 1.29 is 18.7 Å². The number of carbonyl (C=O) groups excluding carboxylic acids is 2. The highest BCUT2D eigenvalue weighted by Crippen LogP contribution is 2.45. The summed E-state index contributed by atoms with van der Waals surface area (Å²) < 4.78 is 18.7. The van der Waals surface area contributed by atoms with E-state index >= 15 is 0 Å². The molecule has 0 aliphatic carbocycles. The number of ether oxygens (including phenoxy) is 1. The maximum atomic E-state index is 13.2. The van der Waals surface area contributed by atoms with Crippen molar-refractivity contribution in [3.63, 3.8) is 0 Å². The third-order valence-corrected chi connectivity index (χ3v) is 5.72. The maximum absolute atomic E-state index is 13.2. The number of hydrogen-bond donors (Lipinski definition) is 1. The quantitative estimate of drug-likeness (QED) is 0.817. The number of anilines is 1. The lowest BCUT2D eigenvalue weighted by Crippen LogP contribution is -2.33. The molecule has 1 aliphatic heterocycles. The van der Waals surface area contributed by atoms with Crippen molar-refractivity contribution >= 4 is 29.3 Å². The first-order valence-corrected chi connectivity index (χ1v) is 9.58. The molecular weight excluding hydrogens is 367 g/mol. The Morgan fingerprint density at radius 3 is 2.78 bits per heavy atom. The van der Waals surface area contributed by atoms with E-state index in [1.54, 1.807) is 18.1 Å². The number of nitrogens with zero attached hydrogens (tertiary/aromatic N) is 1. The van der Waals surface area contributed by atoms with E-state index in [2.05, 4.69) is 5.32 Å². The van der Waals surface area contributed by atoms with Gasteiger partial charge in [-0.2, -0.15) is 0 Å². The van der Waals surface area contributed by atoms with Crippen LogP contribution in [0.1, 0.15) is 24.3 Å². The zero-order valence-electron chi connectivity index (χ0n) is 15.1. The lowest BCUT2D eigenvalue weighted by molar-refractivity contribution is -0.130. The topological polar surface area (TPSA) is 58.6 Å². The zero-order chi connectivity index (χ0) is 19.4. The van der Waals surface area contributed by atoms with Gasteiger partial charge in [0.05, 0.1) is 12.4 Å². The number of amides is 2. The van der Waals surface area contributed by atoms with Crippen molar-refractivity contribution in [1.82, 2.24) is 4.90 Å². The molecule has 2 aromatic carbocycles. The van der Waals surface area contributed by atoms with Gasteiger partial charge in [-0.25, -0.2) is 4.39 Å². The molecule has 2 amide bonds. The summed E-state index contributed by atoms with van der Waals surface area (Å²) in [5.41, 5.74) is 1.31. The van der Waals surface area contributed by atoms with E-state index in [0.29, 0.717) is 11.4 Å². The van der Waals surface area contributed by atoms with Gasteiger partial charge in [0.1, 0.15) is 16.9 Å². The summed E-state index contributed by atoms with van der Waals surface area (Å²) in [5, 5.41) is 2.27. The van der Waals surface area contributed by atoms with Crippen LogP contribution in [0, 0.1) is 5.82 Å². The minimum absolute atomic E-state index is 0.00513. The molecule has 0 saturated carbocycles. The molecule has 0 aromatic heterocycles. The van der Waals surface area contributed by atoms with Gasteiger partial charge in [-0.1, -0.05) is 24.3 Å². The highest BCUT2D eigenvalue weighted by molar-refractivity contribution is 8.01. The second-order valence-electron chi connectivity index (χ2n) is 6.21. The summed E-state index contributed by atoms with van der Waals surface area (Å²) in [5.74, 6) is 0.0290. The van der Waals surface area contributed by atoms with Crippen LogP contribution >= 0.6 is 11.8 Å². The number of halogens is 1. The molecule has 7 heteroatoms. The zero-order valence-corrected chi connectivity index (χ0v) is 16.0. The highest BCUT2D eigenvalue weighted by Gasteiger charge is 2.39. The summed E-state index contributed by atoms with van der Waals surface area (Å²) in [6, 6.07) is 13.3. The minimum Gasteiger partial charge on any atom is -0.496 e. The molecule has 0 unspecified atom stereocenters. The summed E-state index contributed by atoms with van der Waals surface area (Å²) in [6.45, 7) is 2.14. The average Bonchev–Trinajstić information content (AvgIpc) is 2.94. The first-order chi connectivity index (χ1) is 13.0. The molecule has 0 spiro atoms. The van der Waals surface area contributed by atoms with Gasteiger partial charge in [-0.05, 0) is 31.2 Å². The van der Waals surface area contributed by atoms with Crippen LogP contribution in [0.4, 0.5) is 10.1 Å². The number of methoxy groups -OCH3 is 1. The average molecular weight is 388 g/mol. The minimum atomic E-state index is -0.413. The van der Waals surface area contributed by atoms with Crippen molar-refractivity contribution in [2.45, 2.75) is 24.0 Å². The van der Waals surface area contributed by atoms with Crippen molar-refractivity contribution in [1.29, 1.82) is 0 Å². The predicted molar refractivity (Wildman–Crippen MR) is 104 cm³/mol. The number of thioether (sulfide) groups is 1. The van der Waals surface area contributed by atoms with E-state index in [1.165, 1.54) is 30.0 Å². The van der Waals surface area contributed by atoms with E-state index in [9.17, 15) is 14.0 Å². The summed E-state index contributed by atoms with van der Waals surface area (Å²) >= 11 is 1.54. The van der Waals surface area contributed by atoms with Gasteiger partial charge in [-0.15, -0.1) is 11.8 Å². The smallest absolute Gasteiger partial charge is 0.236 e. The standard InChI is InChI=1S/C20H21FN2O3S/c1-13-19(25)23(20(27-13)16-8-3-4-9-17(16)26-2)11-10-18(24)22-15-7-5-6-14(21)12-15/h3-9,12-13,20H,10-11H2,1-2H3,(H,22,24)/t13-,20+/m0/s1. The monoisotopic (exact) mass is 388 g/mol. The SMILES string of the molecule is COc1ccccc1[C@H]1S[C@@H](C)C(=O)N1CCC(=O)Nc1cccc(F)c1. The van der Waals surface area contributed by atoms with Gasteiger partial charge >= 0.3 is 0 Å². The first kappa shape index (κ1) is 19.2. The summed E-state index contributed by atoms with van der Waals surface area (Å²) in [7, 11) is 1.60. The lowest BCUT2D eigenvalue weighted by atomic mass is 10.1. The van der Waals surface area contributed by atoms with Gasteiger partial charge in [0.25, 0.3) is 0 Å². The molecule has 27 heavy (non-hydrogen) atoms. The second-order valence-corrected chi connectivity index (χ2v) is 7.64. The molecule has 142 valence electrons. The fourth-order valence-corrected chi connectivity index (χ4v) is 4.36. The third kappa shape index (κ3) is 4.42. The number of hydrogen-bond acceptors (Lipinski definition) is 4. The molecular formula is C20H21FN2O3S. The van der Waals surface area contributed by atoms with Crippen LogP contribution in [-0.2, 0) is 9.59 Å². The van der Waals surface area contributed by atoms with Crippen molar-refractivity contribution in [3.05, 3.63) is 59.9 Å². The Bertz CT molecular complexity index is 845. The number of rotatable bonds is 6. The fourth-order valence-electron chi connectivity index (χ4n) is 3.02. The van der Waals surface area contributed by atoms with E-state index < -0.39 is 5.82 Å². The molecule has 2 atom stereocenters. The third-order valence-electron chi connectivity index (χ3n) is 4.34. The van der Waals surface area contributed by atoms with Crippen LogP contribution in [0.5, 0.6) is 5.75 Å². The molecule has 1 heterocycles. The molecule has 3 rings (SSSR count). The van der Waals surface area contributed by atoms with Gasteiger partial charge in [0.2, 0.25) is 11.8 Å². The molecule has 1 saturated heterocycles. The van der Waals surface area contributed by atoms with Gasteiger partial charge in [-0.3, -0.25) is 9.59 Å². The van der Waals surface area contributed by atoms with Gasteiger partial charge in [0, 0.05) is 24.2 Å². The van der Waals surface area contributed by atoms with E-state index in [-0.39, 0.29) is 35.4 Å². The van der Waals surface area contributed by atoms with Crippen LogP contribution in [0.3, 0.4) is 0 Å². The molecule has 0 radical (unpaired) electrons. The number of benzene rings is 2. The van der Waals surface area contributed by atoms with Crippen LogP contribution in [-0.4, -0.2) is 35.6 Å². The Kier molecular flexibility index (Phi) is 6.01. The largest absolute Gasteiger partial charge is 0.496 e. The lowest BCUT2D eigenvalue weighted by Gasteiger charge is -2.25. The second kappa shape index (κ2) is 8.43. The van der Waals surface area contributed by atoms with Crippen molar-refractivity contribution in [2.75, 3.05) is 19.0 Å². The molecule has 5 nitrogen and oxygen atoms in total. The Balaban J connectivity index is 1.69. The first-order valence-electron chi connectivity index (χ1n) is 8.64. The highest BCUT2D eigenvalue weighted by atomic mass is 32.2. The summed E-state index contributed by atoms with van der Waals surface area (Å²) in [4.78, 5) is 26.5. The van der Waals surface area contributed by atoms with Gasteiger partial charge < -0.3 is 15.0 Å². The normalized spacial score (nSPS) is 19.2. The van der Waals surface area contributed by atoms with Crippen molar-refractivity contribution in [3.8, 4) is 5.75 Å². The molecule has 1 N–H and O–H groups in total. The Morgan fingerprint density at radius 2 is 2.04 bits per heavy atom. The van der Waals surface area contributed by atoms with E-state index in [1.807, 2.05) is 31.2 Å². The van der Waals surface area contributed by atoms with Crippen LogP contribution in [0.2, 0.25) is 0 Å².